The summed E-state index contributed by atoms with van der Waals surface area (Å²) < 4.78 is 13.5. The molecule has 0 heterocycles. The van der Waals surface area contributed by atoms with Crippen molar-refractivity contribution < 1.29 is 19.4 Å². The second-order valence-electron chi connectivity index (χ2n) is 3.74. The molecular weight excluding hydrogens is 225 g/mol. The van der Waals surface area contributed by atoms with Gasteiger partial charge >= 0.3 is 0 Å². The molecule has 0 aromatic heterocycles. The fraction of sp³-hybridized carbons (Fsp3) is 0.417. The van der Waals surface area contributed by atoms with Gasteiger partial charge < -0.3 is 15.5 Å². The Morgan fingerprint density at radius 3 is 2.76 bits per heavy atom. The van der Waals surface area contributed by atoms with Gasteiger partial charge in [0, 0.05) is 13.1 Å². The quantitative estimate of drug-likeness (QED) is 0.505. The van der Waals surface area contributed by atoms with Crippen LogP contribution in [0.3, 0.4) is 0 Å². The lowest BCUT2D eigenvalue weighted by Gasteiger charge is -2.12. The molecule has 0 radical (unpaired) electrons. The molecule has 1 rings (SSSR count). The van der Waals surface area contributed by atoms with E-state index >= 15 is 0 Å². The number of hydrogen-bond acceptors (Lipinski definition) is 4. The molecule has 0 saturated heterocycles. The van der Waals surface area contributed by atoms with Crippen molar-refractivity contribution >= 4 is 5.78 Å². The van der Waals surface area contributed by atoms with Crippen LogP contribution in [-0.2, 0) is 0 Å². The highest BCUT2D eigenvalue weighted by Crippen LogP contribution is 2.17. The third-order valence-corrected chi connectivity index (χ3v) is 2.38. The van der Waals surface area contributed by atoms with Gasteiger partial charge in [-0.2, -0.15) is 0 Å². The van der Waals surface area contributed by atoms with Gasteiger partial charge in [-0.3, -0.25) is 4.79 Å². The van der Waals surface area contributed by atoms with Crippen LogP contribution in [0, 0.1) is 5.82 Å². The molecule has 1 aromatic carbocycles. The van der Waals surface area contributed by atoms with Crippen molar-refractivity contribution in [3.8, 4) is 0 Å². The average molecular weight is 241 g/mol. The monoisotopic (exact) mass is 241 g/mol. The SMILES string of the molecule is CC(=O)c1ccc(C(O)CNCCO)cc1F. The number of nitrogens with one attached hydrogen (secondary N) is 1. The molecule has 0 fully saturated rings. The zero-order valence-corrected chi connectivity index (χ0v) is 9.61. The predicted molar refractivity (Wildman–Crippen MR) is 61.3 cm³/mol. The molecule has 1 unspecified atom stereocenters. The molecule has 3 N–H and O–H groups in total. The summed E-state index contributed by atoms with van der Waals surface area (Å²) in [5.74, 6) is -0.974. The Kier molecular flexibility index (Phi) is 5.21. The Hall–Kier alpha value is -1.30. The van der Waals surface area contributed by atoms with Crippen molar-refractivity contribution in [1.29, 1.82) is 0 Å². The number of aliphatic hydroxyl groups excluding tert-OH is 2. The fourth-order valence-corrected chi connectivity index (χ4v) is 1.46. The third-order valence-electron chi connectivity index (χ3n) is 2.38. The number of carbonyl (C=O) groups is 1. The Morgan fingerprint density at radius 2 is 2.24 bits per heavy atom. The maximum Gasteiger partial charge on any atom is 0.162 e. The molecule has 1 aromatic rings. The average Bonchev–Trinajstić information content (AvgIpc) is 2.28. The highest BCUT2D eigenvalue weighted by atomic mass is 19.1. The lowest BCUT2D eigenvalue weighted by molar-refractivity contribution is 0.101. The minimum atomic E-state index is -0.864. The first kappa shape index (κ1) is 13.8. The van der Waals surface area contributed by atoms with Crippen molar-refractivity contribution in [2.24, 2.45) is 0 Å². The highest BCUT2D eigenvalue weighted by molar-refractivity contribution is 5.94. The van der Waals surface area contributed by atoms with Crippen molar-refractivity contribution in [3.05, 3.63) is 35.1 Å². The molecule has 4 nitrogen and oxygen atoms in total. The maximum atomic E-state index is 13.5. The van der Waals surface area contributed by atoms with E-state index < -0.39 is 11.9 Å². The summed E-state index contributed by atoms with van der Waals surface area (Å²) in [7, 11) is 0. The van der Waals surface area contributed by atoms with E-state index in [1.54, 1.807) is 0 Å². The minimum absolute atomic E-state index is 0.0178. The Morgan fingerprint density at radius 1 is 1.53 bits per heavy atom. The number of rotatable bonds is 6. The first-order valence-electron chi connectivity index (χ1n) is 5.36. The van der Waals surface area contributed by atoms with Gasteiger partial charge in [0.2, 0.25) is 0 Å². The van der Waals surface area contributed by atoms with Gasteiger partial charge in [0.15, 0.2) is 5.78 Å². The maximum absolute atomic E-state index is 13.5. The number of carbonyl (C=O) groups excluding carboxylic acids is 1. The summed E-state index contributed by atoms with van der Waals surface area (Å²) in [6.45, 7) is 1.85. The predicted octanol–water partition coefficient (Wildman–Crippen LogP) is 0.644. The summed E-state index contributed by atoms with van der Waals surface area (Å²) in [5.41, 5.74) is 0.419. The van der Waals surface area contributed by atoms with Crippen LogP contribution in [0.25, 0.3) is 0 Å². The molecule has 0 spiro atoms. The van der Waals surface area contributed by atoms with Crippen LogP contribution in [0.4, 0.5) is 4.39 Å². The molecule has 0 aliphatic heterocycles. The highest BCUT2D eigenvalue weighted by Gasteiger charge is 2.12. The fourth-order valence-electron chi connectivity index (χ4n) is 1.46. The second kappa shape index (κ2) is 6.44. The molecule has 0 amide bonds. The topological polar surface area (TPSA) is 69.6 Å². The normalized spacial score (nSPS) is 12.5. The van der Waals surface area contributed by atoms with Crippen molar-refractivity contribution in [3.63, 3.8) is 0 Å². The van der Waals surface area contributed by atoms with Crippen molar-refractivity contribution in [2.45, 2.75) is 13.0 Å². The molecule has 0 aliphatic rings. The van der Waals surface area contributed by atoms with E-state index in [0.717, 1.165) is 6.07 Å². The van der Waals surface area contributed by atoms with Crippen LogP contribution in [-0.4, -0.2) is 35.7 Å². The summed E-state index contributed by atoms with van der Waals surface area (Å²) in [6.07, 6.45) is -0.864. The molecule has 1 atom stereocenters. The zero-order valence-electron chi connectivity index (χ0n) is 9.61. The summed E-state index contributed by atoms with van der Waals surface area (Å²) >= 11 is 0. The van der Waals surface area contributed by atoms with Gasteiger partial charge in [0.05, 0.1) is 18.3 Å². The van der Waals surface area contributed by atoms with E-state index in [-0.39, 0.29) is 24.5 Å². The molecule has 0 bridgehead atoms. The molecule has 0 saturated carbocycles. The van der Waals surface area contributed by atoms with E-state index in [4.69, 9.17) is 5.11 Å². The number of Topliss-reactive ketones (excluding diaryl/α,β-unsaturated/α-hetero) is 1. The molecular formula is C12H16FNO3. The number of benzene rings is 1. The minimum Gasteiger partial charge on any atom is -0.395 e. The van der Waals surface area contributed by atoms with Crippen LogP contribution in [0.15, 0.2) is 18.2 Å². The number of halogens is 1. The Balaban J connectivity index is 2.72. The van der Waals surface area contributed by atoms with Crippen molar-refractivity contribution in [1.82, 2.24) is 5.32 Å². The van der Waals surface area contributed by atoms with Crippen LogP contribution < -0.4 is 5.32 Å². The number of hydrogen-bond donors (Lipinski definition) is 3. The second-order valence-corrected chi connectivity index (χ2v) is 3.74. The zero-order chi connectivity index (χ0) is 12.8. The molecule has 0 aliphatic carbocycles. The first-order valence-corrected chi connectivity index (χ1v) is 5.36. The standard InChI is InChI=1S/C12H16FNO3/c1-8(16)10-3-2-9(6-11(10)13)12(17)7-14-4-5-15/h2-3,6,12,14-15,17H,4-5,7H2,1H3. The van der Waals surface area contributed by atoms with Gasteiger partial charge in [0.1, 0.15) is 5.82 Å². The Bertz CT molecular complexity index is 395. The van der Waals surface area contributed by atoms with Crippen LogP contribution in [0.1, 0.15) is 28.9 Å². The van der Waals surface area contributed by atoms with Gasteiger partial charge in [-0.15, -0.1) is 0 Å². The van der Waals surface area contributed by atoms with Crippen LogP contribution in [0.5, 0.6) is 0 Å². The summed E-state index contributed by atoms with van der Waals surface area (Å²) in [6, 6.07) is 4.04. The van der Waals surface area contributed by atoms with Crippen LogP contribution in [0.2, 0.25) is 0 Å². The van der Waals surface area contributed by atoms with E-state index in [2.05, 4.69) is 5.32 Å². The van der Waals surface area contributed by atoms with Crippen molar-refractivity contribution in [2.75, 3.05) is 19.7 Å². The smallest absolute Gasteiger partial charge is 0.162 e. The Labute approximate surface area is 99.1 Å². The van der Waals surface area contributed by atoms with Crippen LogP contribution >= 0.6 is 0 Å². The molecule has 17 heavy (non-hydrogen) atoms. The van der Waals surface area contributed by atoms with E-state index in [1.807, 2.05) is 0 Å². The number of aliphatic hydroxyl groups is 2. The van der Waals surface area contributed by atoms with E-state index in [1.165, 1.54) is 19.1 Å². The lowest BCUT2D eigenvalue weighted by atomic mass is 10.0. The van der Waals surface area contributed by atoms with E-state index in [9.17, 15) is 14.3 Å². The first-order chi connectivity index (χ1) is 8.06. The van der Waals surface area contributed by atoms with Gasteiger partial charge in [-0.1, -0.05) is 6.07 Å². The lowest BCUT2D eigenvalue weighted by Crippen LogP contribution is -2.24. The summed E-state index contributed by atoms with van der Waals surface area (Å²) in [4.78, 5) is 11.0. The number of ketones is 1. The summed E-state index contributed by atoms with van der Waals surface area (Å²) in [5, 5.41) is 21.1. The largest absolute Gasteiger partial charge is 0.395 e. The van der Waals surface area contributed by atoms with E-state index in [0.29, 0.717) is 12.1 Å². The molecule has 94 valence electrons. The van der Waals surface area contributed by atoms with Gasteiger partial charge in [-0.25, -0.2) is 4.39 Å². The molecule has 5 heteroatoms. The third kappa shape index (κ3) is 3.89. The van der Waals surface area contributed by atoms with Gasteiger partial charge in [-0.05, 0) is 24.6 Å². The van der Waals surface area contributed by atoms with Gasteiger partial charge in [0.25, 0.3) is 0 Å².